The topological polar surface area (TPSA) is 35.5 Å². The normalized spacial score (nSPS) is 14.9. The Balaban J connectivity index is 2.64. The van der Waals surface area contributed by atoms with E-state index in [-0.39, 0.29) is 5.52 Å². The molecule has 1 unspecified atom stereocenters. The second-order valence-electron chi connectivity index (χ2n) is 2.07. The van der Waals surface area contributed by atoms with Crippen LogP contribution >= 0.6 is 34.1 Å². The lowest BCUT2D eigenvalue weighted by atomic mass is 10.3. The van der Waals surface area contributed by atoms with Crippen molar-refractivity contribution in [3.05, 3.63) is 30.3 Å². The summed E-state index contributed by atoms with van der Waals surface area (Å²) in [6.45, 7) is -3.49. The number of hydrogen-bond donors (Lipinski definition) is 0. The van der Waals surface area contributed by atoms with Gasteiger partial charge in [0.25, 0.3) is 0 Å². The summed E-state index contributed by atoms with van der Waals surface area (Å²) >= 11 is 8.39. The Labute approximate surface area is 89.4 Å². The van der Waals surface area contributed by atoms with Crippen molar-refractivity contribution in [2.24, 2.45) is 0 Å². The molecular formula is C7H7BrClO3P. The Kier molecular flexibility index (Phi) is 4.26. The number of hydrogen-bond acceptors (Lipinski definition) is 3. The highest BCUT2D eigenvalue weighted by atomic mass is 79.9. The Morgan fingerprint density at radius 1 is 1.38 bits per heavy atom. The van der Waals surface area contributed by atoms with Gasteiger partial charge in [0, 0.05) is 11.2 Å². The molecule has 1 aromatic carbocycles. The fourth-order valence-electron chi connectivity index (χ4n) is 0.692. The molecule has 0 aliphatic heterocycles. The van der Waals surface area contributed by atoms with Gasteiger partial charge in [-0.3, -0.25) is 4.52 Å². The summed E-state index contributed by atoms with van der Waals surface area (Å²) in [6.07, 6.45) is 0. The smallest absolute Gasteiger partial charge is 0.413 e. The van der Waals surface area contributed by atoms with Gasteiger partial charge >= 0.3 is 6.95 Å². The third kappa shape index (κ3) is 4.14. The second kappa shape index (κ2) is 5.01. The minimum atomic E-state index is -3.49. The van der Waals surface area contributed by atoms with Gasteiger partial charge in [0.05, 0.1) is 0 Å². The molecule has 1 rings (SSSR count). The summed E-state index contributed by atoms with van der Waals surface area (Å²) in [7, 11) is 0. The van der Waals surface area contributed by atoms with E-state index in [2.05, 4.69) is 20.5 Å². The van der Waals surface area contributed by atoms with Crippen LogP contribution in [0.1, 0.15) is 0 Å². The molecule has 0 spiro atoms. The number of benzene rings is 1. The van der Waals surface area contributed by atoms with Gasteiger partial charge in [0.1, 0.15) is 11.3 Å². The molecule has 0 amide bonds. The van der Waals surface area contributed by atoms with Crippen LogP contribution in [0, 0.1) is 0 Å². The second-order valence-corrected chi connectivity index (χ2v) is 5.08. The van der Waals surface area contributed by atoms with Crippen molar-refractivity contribution in [1.82, 2.24) is 0 Å². The first-order chi connectivity index (χ1) is 6.14. The van der Waals surface area contributed by atoms with E-state index in [1.54, 1.807) is 24.3 Å². The van der Waals surface area contributed by atoms with E-state index in [1.165, 1.54) is 0 Å². The van der Waals surface area contributed by atoms with Crippen molar-refractivity contribution >= 4 is 34.1 Å². The molecule has 13 heavy (non-hydrogen) atoms. The molecule has 0 saturated carbocycles. The molecule has 0 aliphatic carbocycles. The monoisotopic (exact) mass is 284 g/mol. The third-order valence-electron chi connectivity index (χ3n) is 1.16. The largest absolute Gasteiger partial charge is 0.477 e. The van der Waals surface area contributed by atoms with E-state index in [1.807, 2.05) is 6.07 Å². The fourth-order valence-corrected chi connectivity index (χ4v) is 2.78. The van der Waals surface area contributed by atoms with Gasteiger partial charge in [0.15, 0.2) is 0 Å². The van der Waals surface area contributed by atoms with Crippen LogP contribution in [0.3, 0.4) is 0 Å². The summed E-state index contributed by atoms with van der Waals surface area (Å²) in [5.41, 5.74) is 0.0701. The molecule has 0 saturated heterocycles. The van der Waals surface area contributed by atoms with E-state index in [0.29, 0.717) is 5.75 Å². The Hall–Kier alpha value is -0.0200. The van der Waals surface area contributed by atoms with Gasteiger partial charge in [0.2, 0.25) is 0 Å². The van der Waals surface area contributed by atoms with Crippen molar-refractivity contribution in [1.29, 1.82) is 0 Å². The maximum atomic E-state index is 11.3. The quantitative estimate of drug-likeness (QED) is 0.624. The first-order valence-corrected chi connectivity index (χ1v) is 6.96. The molecule has 0 bridgehead atoms. The SMILES string of the molecule is O=P(Cl)(OCBr)Oc1ccccc1. The molecular weight excluding hydrogens is 278 g/mol. The summed E-state index contributed by atoms with van der Waals surface area (Å²) in [6, 6.07) is 8.61. The first-order valence-electron chi connectivity index (χ1n) is 3.39. The maximum Gasteiger partial charge on any atom is 0.477 e. The molecule has 1 aromatic rings. The van der Waals surface area contributed by atoms with Gasteiger partial charge < -0.3 is 4.52 Å². The minimum absolute atomic E-state index is 0.0701. The molecule has 0 aromatic heterocycles. The van der Waals surface area contributed by atoms with Gasteiger partial charge in [-0.2, -0.15) is 0 Å². The van der Waals surface area contributed by atoms with Crippen molar-refractivity contribution in [2.75, 3.05) is 5.52 Å². The predicted molar refractivity (Wildman–Crippen MR) is 55.4 cm³/mol. The lowest BCUT2D eigenvalue weighted by Gasteiger charge is -2.10. The molecule has 0 heterocycles. The minimum Gasteiger partial charge on any atom is -0.413 e. The van der Waals surface area contributed by atoms with Crippen LogP contribution in [0.2, 0.25) is 0 Å². The van der Waals surface area contributed by atoms with Crippen molar-refractivity contribution in [3.8, 4) is 5.75 Å². The van der Waals surface area contributed by atoms with E-state index < -0.39 is 6.95 Å². The van der Waals surface area contributed by atoms with Crippen LogP contribution in [0.25, 0.3) is 0 Å². The van der Waals surface area contributed by atoms with Crippen LogP contribution in [-0.4, -0.2) is 5.52 Å². The van der Waals surface area contributed by atoms with Crippen molar-refractivity contribution < 1.29 is 13.6 Å². The molecule has 3 nitrogen and oxygen atoms in total. The number of para-hydroxylation sites is 1. The molecule has 0 aliphatic rings. The van der Waals surface area contributed by atoms with Crippen molar-refractivity contribution in [3.63, 3.8) is 0 Å². The highest BCUT2D eigenvalue weighted by Crippen LogP contribution is 2.53. The molecule has 6 heteroatoms. The third-order valence-corrected chi connectivity index (χ3v) is 3.11. The number of halogens is 2. The van der Waals surface area contributed by atoms with Gasteiger partial charge in [-0.15, -0.1) is 0 Å². The molecule has 0 radical (unpaired) electrons. The lowest BCUT2D eigenvalue weighted by molar-refractivity contribution is 0.331. The Bertz CT molecular complexity index is 306. The summed E-state index contributed by atoms with van der Waals surface area (Å²) < 4.78 is 20.8. The van der Waals surface area contributed by atoms with Crippen LogP contribution in [0.5, 0.6) is 5.75 Å². The highest BCUT2D eigenvalue weighted by Gasteiger charge is 2.21. The average Bonchev–Trinajstić information content (AvgIpc) is 2.04. The number of rotatable bonds is 4. The van der Waals surface area contributed by atoms with Crippen LogP contribution in [0.15, 0.2) is 30.3 Å². The average molecular weight is 285 g/mol. The van der Waals surface area contributed by atoms with Crippen molar-refractivity contribution in [2.45, 2.75) is 0 Å². The van der Waals surface area contributed by atoms with Crippen LogP contribution in [0.4, 0.5) is 0 Å². The number of alkyl halides is 1. The standard InChI is InChI=1S/C7H7BrClO3P/c8-6-11-13(9,10)12-7-4-2-1-3-5-7/h1-5H,6H2. The molecule has 0 N–H and O–H groups in total. The van der Waals surface area contributed by atoms with Crippen LogP contribution < -0.4 is 4.52 Å². The predicted octanol–water partition coefficient (Wildman–Crippen LogP) is 3.78. The molecule has 0 fully saturated rings. The van der Waals surface area contributed by atoms with E-state index in [0.717, 1.165) is 0 Å². The first kappa shape index (κ1) is 11.1. The van der Waals surface area contributed by atoms with Gasteiger partial charge in [-0.1, -0.05) is 34.1 Å². The Morgan fingerprint density at radius 2 is 2.00 bits per heavy atom. The van der Waals surface area contributed by atoms with Gasteiger partial charge in [-0.25, -0.2) is 4.57 Å². The zero-order chi connectivity index (χ0) is 9.73. The maximum absolute atomic E-state index is 11.3. The van der Waals surface area contributed by atoms with E-state index >= 15 is 0 Å². The zero-order valence-electron chi connectivity index (χ0n) is 6.52. The summed E-state index contributed by atoms with van der Waals surface area (Å²) in [4.78, 5) is 0. The fraction of sp³-hybridized carbons (Fsp3) is 0.143. The van der Waals surface area contributed by atoms with Gasteiger partial charge in [-0.05, 0) is 12.1 Å². The lowest BCUT2D eigenvalue weighted by Crippen LogP contribution is -1.90. The van der Waals surface area contributed by atoms with Crippen LogP contribution in [-0.2, 0) is 9.09 Å². The highest BCUT2D eigenvalue weighted by molar-refractivity contribution is 9.09. The molecule has 72 valence electrons. The summed E-state index contributed by atoms with van der Waals surface area (Å²) in [5.74, 6) is 0.418. The Morgan fingerprint density at radius 3 is 2.54 bits per heavy atom. The van der Waals surface area contributed by atoms with E-state index in [9.17, 15) is 4.57 Å². The summed E-state index contributed by atoms with van der Waals surface area (Å²) in [5, 5.41) is 0. The molecule has 1 atom stereocenters. The van der Waals surface area contributed by atoms with E-state index in [4.69, 9.17) is 15.8 Å². The zero-order valence-corrected chi connectivity index (χ0v) is 9.76.